The molecule has 6 heteroatoms. The number of hydrogen-bond donors (Lipinski definition) is 3. The van der Waals surface area contributed by atoms with Crippen molar-refractivity contribution in [3.8, 4) is 16.8 Å². The van der Waals surface area contributed by atoms with Crippen LogP contribution >= 0.6 is 22.7 Å². The maximum Gasteiger partial charge on any atom is 0.0864 e. The highest BCUT2D eigenvalue weighted by molar-refractivity contribution is 7.26. The molecule has 274 valence electrons. The van der Waals surface area contributed by atoms with E-state index in [0.29, 0.717) is 0 Å². The third kappa shape index (κ3) is 5.52. The number of benzene rings is 7. The topological polar surface area (TPSA) is 41.0 Å². The molecule has 0 bridgehead atoms. The van der Waals surface area contributed by atoms with Crippen molar-refractivity contribution in [1.82, 2.24) is 20.5 Å². The van der Waals surface area contributed by atoms with Gasteiger partial charge in [0.15, 0.2) is 0 Å². The first-order valence-electron chi connectivity index (χ1n) is 19.8. The number of fused-ring (bicyclic) bond motifs is 9. The summed E-state index contributed by atoms with van der Waals surface area (Å²) in [6, 6.07) is 56.1. The van der Waals surface area contributed by atoms with Gasteiger partial charge in [-0.25, -0.2) is 0 Å². The van der Waals surface area contributed by atoms with Crippen LogP contribution in [0.15, 0.2) is 175 Å². The summed E-state index contributed by atoms with van der Waals surface area (Å²) in [5, 5.41) is 19.4. The predicted molar refractivity (Wildman–Crippen MR) is 244 cm³/mol. The zero-order valence-electron chi connectivity index (χ0n) is 31.1. The van der Waals surface area contributed by atoms with Gasteiger partial charge in [-0.1, -0.05) is 127 Å². The van der Waals surface area contributed by atoms with Gasteiger partial charge in [0.2, 0.25) is 0 Å². The lowest BCUT2D eigenvalue weighted by atomic mass is 9.98. The molecule has 3 unspecified atom stereocenters. The molecule has 1 fully saturated rings. The smallest absolute Gasteiger partial charge is 0.0864 e. The zero-order valence-corrected chi connectivity index (χ0v) is 32.7. The van der Waals surface area contributed by atoms with Crippen LogP contribution in [0.3, 0.4) is 0 Å². The van der Waals surface area contributed by atoms with E-state index in [4.69, 9.17) is 0 Å². The van der Waals surface area contributed by atoms with E-state index in [1.54, 1.807) is 0 Å². The first-order chi connectivity index (χ1) is 28.2. The van der Waals surface area contributed by atoms with Gasteiger partial charge in [-0.05, 0) is 83.1 Å². The number of aromatic nitrogens is 1. The van der Waals surface area contributed by atoms with Gasteiger partial charge in [-0.2, -0.15) is 0 Å². The van der Waals surface area contributed by atoms with E-state index < -0.39 is 0 Å². The molecule has 1 saturated heterocycles. The second-order valence-electron chi connectivity index (χ2n) is 15.3. The monoisotopic (exact) mass is 770 g/mol. The second kappa shape index (κ2) is 13.4. The Bertz CT molecular complexity index is 3200. The number of allylic oxidation sites excluding steroid dienone is 3. The summed E-state index contributed by atoms with van der Waals surface area (Å²) in [7, 11) is 0. The largest absolute Gasteiger partial charge is 0.308 e. The molecule has 0 radical (unpaired) electrons. The molecule has 0 spiro atoms. The van der Waals surface area contributed by atoms with Gasteiger partial charge in [-0.3, -0.25) is 16.0 Å². The van der Waals surface area contributed by atoms with Crippen LogP contribution < -0.4 is 16.0 Å². The van der Waals surface area contributed by atoms with Crippen molar-refractivity contribution >= 4 is 84.8 Å². The minimum absolute atomic E-state index is 0.00180. The van der Waals surface area contributed by atoms with Gasteiger partial charge >= 0.3 is 0 Å². The van der Waals surface area contributed by atoms with Crippen molar-refractivity contribution in [3.63, 3.8) is 0 Å². The first kappa shape index (κ1) is 33.3. The lowest BCUT2D eigenvalue weighted by Crippen LogP contribution is -2.59. The third-order valence-electron chi connectivity index (χ3n) is 12.0. The molecule has 0 saturated carbocycles. The van der Waals surface area contributed by atoms with Gasteiger partial charge in [0.1, 0.15) is 0 Å². The molecule has 57 heavy (non-hydrogen) atoms. The van der Waals surface area contributed by atoms with E-state index in [-0.39, 0.29) is 18.5 Å². The lowest BCUT2D eigenvalue weighted by molar-refractivity contribution is 0.219. The predicted octanol–water partition coefficient (Wildman–Crippen LogP) is 13.3. The van der Waals surface area contributed by atoms with Crippen molar-refractivity contribution in [2.75, 3.05) is 0 Å². The van der Waals surface area contributed by atoms with Gasteiger partial charge in [-0.15, -0.1) is 22.7 Å². The maximum absolute atomic E-state index is 3.90. The third-order valence-corrected chi connectivity index (χ3v) is 14.3. The molecule has 2 aliphatic rings. The van der Waals surface area contributed by atoms with Gasteiger partial charge in [0.25, 0.3) is 0 Å². The summed E-state index contributed by atoms with van der Waals surface area (Å²) in [6.07, 6.45) is 8.99. The first-order valence-corrected chi connectivity index (χ1v) is 21.5. The summed E-state index contributed by atoms with van der Waals surface area (Å²) in [6.45, 7) is 0. The number of rotatable bonds is 5. The van der Waals surface area contributed by atoms with Crippen LogP contribution in [0.4, 0.5) is 0 Å². The number of nitrogens with zero attached hydrogens (tertiary/aromatic N) is 1. The fourth-order valence-corrected chi connectivity index (χ4v) is 11.6. The normalized spacial score (nSPS) is 18.7. The van der Waals surface area contributed by atoms with Crippen LogP contribution in [0.5, 0.6) is 0 Å². The van der Waals surface area contributed by atoms with Crippen LogP contribution in [-0.4, -0.2) is 10.7 Å². The van der Waals surface area contributed by atoms with Crippen molar-refractivity contribution in [2.45, 2.75) is 31.3 Å². The highest BCUT2D eigenvalue weighted by atomic mass is 32.1. The average Bonchev–Trinajstić information content (AvgIpc) is 3.95. The number of hydrogen-bond acceptors (Lipinski definition) is 5. The van der Waals surface area contributed by atoms with Gasteiger partial charge in [0, 0.05) is 46.4 Å². The van der Waals surface area contributed by atoms with Crippen molar-refractivity contribution < 1.29 is 0 Å². The summed E-state index contributed by atoms with van der Waals surface area (Å²) in [5.74, 6) is 0. The highest BCUT2D eigenvalue weighted by Crippen LogP contribution is 2.43. The molecule has 3 N–H and O–H groups in total. The number of para-hydroxylation sites is 2. The molecule has 1 aliphatic carbocycles. The van der Waals surface area contributed by atoms with E-state index in [1.807, 2.05) is 22.7 Å². The van der Waals surface area contributed by atoms with Crippen molar-refractivity contribution in [3.05, 3.63) is 187 Å². The Morgan fingerprint density at radius 1 is 0.474 bits per heavy atom. The molecule has 7 aromatic carbocycles. The van der Waals surface area contributed by atoms with E-state index >= 15 is 0 Å². The minimum atomic E-state index is 0.00180. The van der Waals surface area contributed by atoms with Crippen LogP contribution in [0.2, 0.25) is 0 Å². The molecule has 10 aromatic rings. The Morgan fingerprint density at radius 2 is 1.14 bits per heavy atom. The molecule has 3 aromatic heterocycles. The molecule has 12 rings (SSSR count). The van der Waals surface area contributed by atoms with E-state index in [9.17, 15) is 0 Å². The van der Waals surface area contributed by atoms with E-state index in [0.717, 1.165) is 12.8 Å². The summed E-state index contributed by atoms with van der Waals surface area (Å²) < 4.78 is 7.71. The van der Waals surface area contributed by atoms with Crippen LogP contribution in [-0.2, 0) is 0 Å². The standard InChI is InChI=1S/C51H38N4S2/c1-3-12-31(13-4-1)49-52-50(32-14-5-2-6-15-32)54-51(53-49)35-23-26-39-41-28-33(24-27-45(41)56-46(39)30-35)34-22-25-38-40-18-11-21-44(48(40)57-47(38)29-34)55-42-19-9-7-16-36(42)37-17-8-10-20-43(37)55/h1-5,7-14,16-30,49-54H,6,15H2. The van der Waals surface area contributed by atoms with Crippen molar-refractivity contribution in [2.24, 2.45) is 0 Å². The lowest BCUT2D eigenvalue weighted by Gasteiger charge is -2.40. The summed E-state index contributed by atoms with van der Waals surface area (Å²) in [4.78, 5) is 0. The van der Waals surface area contributed by atoms with E-state index in [2.05, 4.69) is 190 Å². The minimum Gasteiger partial charge on any atom is -0.308 e. The average molecular weight is 771 g/mol. The Labute approximate surface area is 338 Å². The Kier molecular flexibility index (Phi) is 7.81. The van der Waals surface area contributed by atoms with Crippen LogP contribution in [0.1, 0.15) is 36.3 Å². The quantitative estimate of drug-likeness (QED) is 0.163. The number of thiophene rings is 2. The Hall–Kier alpha value is -5.86. The maximum atomic E-state index is 3.90. The van der Waals surface area contributed by atoms with Gasteiger partial charge in [0.05, 0.1) is 39.9 Å². The second-order valence-corrected chi connectivity index (χ2v) is 17.5. The summed E-state index contributed by atoms with van der Waals surface area (Å²) in [5.41, 5.74) is 10.1. The van der Waals surface area contributed by atoms with Crippen LogP contribution in [0.25, 0.3) is 79.0 Å². The molecule has 3 atom stereocenters. The van der Waals surface area contributed by atoms with Crippen LogP contribution in [0, 0.1) is 0 Å². The molecule has 4 nitrogen and oxygen atoms in total. The Balaban J connectivity index is 0.907. The molecule has 4 heterocycles. The van der Waals surface area contributed by atoms with E-state index in [1.165, 1.54) is 95.7 Å². The number of nitrogens with one attached hydrogen (secondary N) is 3. The SMILES string of the molecule is C1=CCCC(C2NC(c3ccccc3)NC(c3ccc4c(c3)sc3ccc(-c5ccc6c(c5)sc5c(-n7c8ccccc8c8ccccc87)cccc56)cc34)N2)=C1. The molecule has 0 amide bonds. The fraction of sp³-hybridized carbons (Fsp3) is 0.0980. The van der Waals surface area contributed by atoms with Gasteiger partial charge < -0.3 is 4.57 Å². The summed E-state index contributed by atoms with van der Waals surface area (Å²) >= 11 is 3.79. The Morgan fingerprint density at radius 3 is 1.95 bits per heavy atom. The molecular weight excluding hydrogens is 733 g/mol. The highest BCUT2D eigenvalue weighted by Gasteiger charge is 2.31. The zero-order chi connectivity index (χ0) is 37.5. The fourth-order valence-electron chi connectivity index (χ4n) is 9.22. The molecular formula is C51H38N4S2. The van der Waals surface area contributed by atoms with Crippen molar-refractivity contribution in [1.29, 1.82) is 0 Å². The molecule has 1 aliphatic heterocycles.